The van der Waals surface area contributed by atoms with Gasteiger partial charge in [-0.25, -0.2) is 9.18 Å². The van der Waals surface area contributed by atoms with Crippen LogP contribution < -0.4 is 5.32 Å². The Morgan fingerprint density at radius 1 is 0.667 bits per heavy atom. The standard InChI is InChI=1S/C27H36FNO7/c28-9-11-31-13-15-33-17-19-35-20-18-34-16-14-32-12-10-29-27(30)36-21-26-24-7-3-1-5-22(24)23-6-2-4-8-25(23)26/h1-8,26H,9-21H2,(H,29,30). The van der Waals surface area contributed by atoms with Gasteiger partial charge < -0.3 is 33.7 Å². The van der Waals surface area contributed by atoms with Crippen molar-refractivity contribution < 1.29 is 37.6 Å². The number of fused-ring (bicyclic) bond motifs is 3. The molecular weight excluding hydrogens is 469 g/mol. The fraction of sp³-hybridized carbons (Fsp3) is 0.519. The lowest BCUT2D eigenvalue weighted by molar-refractivity contribution is -0.0115. The lowest BCUT2D eigenvalue weighted by Gasteiger charge is -2.14. The number of carbonyl (C=O) groups excluding carboxylic acids is 1. The Kier molecular flexibility index (Phi) is 13.2. The summed E-state index contributed by atoms with van der Waals surface area (Å²) in [5.74, 6) is 0.0426. The molecule has 0 unspecified atom stereocenters. The molecule has 1 N–H and O–H groups in total. The van der Waals surface area contributed by atoms with E-state index < -0.39 is 12.8 Å². The monoisotopic (exact) mass is 505 g/mol. The number of rotatable bonds is 19. The minimum Gasteiger partial charge on any atom is -0.449 e. The van der Waals surface area contributed by atoms with Crippen LogP contribution in [0.15, 0.2) is 48.5 Å². The maximum Gasteiger partial charge on any atom is 0.407 e. The molecule has 198 valence electrons. The molecule has 1 aliphatic rings. The van der Waals surface area contributed by atoms with Gasteiger partial charge in [0.25, 0.3) is 0 Å². The van der Waals surface area contributed by atoms with Crippen molar-refractivity contribution in [1.29, 1.82) is 0 Å². The summed E-state index contributed by atoms with van der Waals surface area (Å²) in [7, 11) is 0. The van der Waals surface area contributed by atoms with E-state index in [0.717, 1.165) is 0 Å². The van der Waals surface area contributed by atoms with E-state index in [-0.39, 0.29) is 19.1 Å². The molecule has 9 heteroatoms. The highest BCUT2D eigenvalue weighted by molar-refractivity contribution is 5.79. The smallest absolute Gasteiger partial charge is 0.407 e. The Hall–Kier alpha value is -2.56. The number of ether oxygens (including phenoxy) is 6. The molecule has 0 radical (unpaired) electrons. The largest absolute Gasteiger partial charge is 0.449 e. The second-order valence-electron chi connectivity index (χ2n) is 8.00. The van der Waals surface area contributed by atoms with Crippen LogP contribution in [0.5, 0.6) is 0 Å². The molecule has 0 saturated carbocycles. The van der Waals surface area contributed by atoms with Crippen LogP contribution in [0.3, 0.4) is 0 Å². The molecule has 1 amide bonds. The molecule has 0 atom stereocenters. The normalized spacial score (nSPS) is 12.4. The predicted octanol–water partition coefficient (Wildman–Crippen LogP) is 3.58. The average Bonchev–Trinajstić information content (AvgIpc) is 3.23. The number of alkyl halides is 1. The molecule has 0 fully saturated rings. The van der Waals surface area contributed by atoms with Gasteiger partial charge in [-0.15, -0.1) is 0 Å². The molecule has 36 heavy (non-hydrogen) atoms. The molecule has 0 aliphatic heterocycles. The van der Waals surface area contributed by atoms with Gasteiger partial charge in [-0.1, -0.05) is 48.5 Å². The van der Waals surface area contributed by atoms with E-state index in [9.17, 15) is 9.18 Å². The number of nitrogens with one attached hydrogen (secondary N) is 1. The van der Waals surface area contributed by atoms with Crippen LogP contribution >= 0.6 is 0 Å². The Morgan fingerprint density at radius 3 is 1.61 bits per heavy atom. The summed E-state index contributed by atoms with van der Waals surface area (Å²) < 4.78 is 43.8. The maximum absolute atomic E-state index is 12.1. The molecule has 0 saturated heterocycles. The summed E-state index contributed by atoms with van der Waals surface area (Å²) in [5.41, 5.74) is 4.77. The van der Waals surface area contributed by atoms with Crippen LogP contribution in [-0.4, -0.2) is 92.0 Å². The number of amides is 1. The van der Waals surface area contributed by atoms with E-state index in [1.54, 1.807) is 0 Å². The van der Waals surface area contributed by atoms with Gasteiger partial charge in [0.2, 0.25) is 0 Å². The van der Waals surface area contributed by atoms with Gasteiger partial charge >= 0.3 is 6.09 Å². The third-order valence-corrected chi connectivity index (χ3v) is 5.57. The molecule has 8 nitrogen and oxygen atoms in total. The van der Waals surface area contributed by atoms with Crippen LogP contribution in [0.4, 0.5) is 9.18 Å². The zero-order valence-electron chi connectivity index (χ0n) is 20.6. The van der Waals surface area contributed by atoms with Crippen molar-refractivity contribution in [2.24, 2.45) is 0 Å². The topological polar surface area (TPSA) is 84.5 Å². The van der Waals surface area contributed by atoms with Gasteiger partial charge in [0.05, 0.1) is 66.1 Å². The number of hydrogen-bond donors (Lipinski definition) is 1. The number of carbonyl (C=O) groups is 1. The molecule has 2 aromatic carbocycles. The fourth-order valence-corrected chi connectivity index (χ4v) is 3.91. The summed E-state index contributed by atoms with van der Waals surface area (Å²) in [6.45, 7) is 4.16. The highest BCUT2D eigenvalue weighted by atomic mass is 19.1. The highest BCUT2D eigenvalue weighted by Crippen LogP contribution is 2.44. The van der Waals surface area contributed by atoms with Gasteiger partial charge in [-0.3, -0.25) is 0 Å². The van der Waals surface area contributed by atoms with Crippen molar-refractivity contribution in [3.05, 3.63) is 59.7 Å². The summed E-state index contributed by atoms with van der Waals surface area (Å²) >= 11 is 0. The van der Waals surface area contributed by atoms with Gasteiger partial charge in [0.15, 0.2) is 0 Å². The van der Waals surface area contributed by atoms with E-state index in [1.165, 1.54) is 22.3 Å². The van der Waals surface area contributed by atoms with Crippen molar-refractivity contribution in [3.63, 3.8) is 0 Å². The number of halogens is 1. The van der Waals surface area contributed by atoms with Crippen molar-refractivity contribution >= 4 is 6.09 Å². The zero-order chi connectivity index (χ0) is 25.3. The number of benzene rings is 2. The molecule has 0 spiro atoms. The zero-order valence-corrected chi connectivity index (χ0v) is 20.6. The minimum atomic E-state index is -0.480. The molecule has 0 aromatic heterocycles. The lowest BCUT2D eigenvalue weighted by Crippen LogP contribution is -2.29. The van der Waals surface area contributed by atoms with Gasteiger partial charge in [-0.05, 0) is 22.3 Å². The minimum absolute atomic E-state index is 0.0426. The average molecular weight is 506 g/mol. The van der Waals surface area contributed by atoms with Crippen molar-refractivity contribution in [3.8, 4) is 11.1 Å². The van der Waals surface area contributed by atoms with Crippen molar-refractivity contribution in [1.82, 2.24) is 5.32 Å². The predicted molar refractivity (Wildman–Crippen MR) is 133 cm³/mol. The Morgan fingerprint density at radius 2 is 1.11 bits per heavy atom. The third kappa shape index (κ3) is 9.48. The summed E-state index contributed by atoms with van der Waals surface area (Å²) in [5, 5.41) is 2.72. The van der Waals surface area contributed by atoms with E-state index >= 15 is 0 Å². The number of alkyl carbamates (subject to hydrolysis) is 1. The molecular formula is C27H36FNO7. The van der Waals surface area contributed by atoms with Gasteiger partial charge in [-0.2, -0.15) is 0 Å². The first-order chi connectivity index (χ1) is 17.8. The van der Waals surface area contributed by atoms with Crippen LogP contribution in [-0.2, 0) is 28.4 Å². The van der Waals surface area contributed by atoms with Gasteiger partial charge in [0, 0.05) is 12.5 Å². The molecule has 1 aliphatic carbocycles. The summed E-state index contributed by atoms with van der Waals surface area (Å²) in [4.78, 5) is 12.1. The summed E-state index contributed by atoms with van der Waals surface area (Å²) in [6, 6.07) is 16.5. The molecule has 0 bridgehead atoms. The Balaban J connectivity index is 1.14. The van der Waals surface area contributed by atoms with Crippen LogP contribution in [0.25, 0.3) is 11.1 Å². The quantitative estimate of drug-likeness (QED) is 0.292. The van der Waals surface area contributed by atoms with Crippen LogP contribution in [0.2, 0.25) is 0 Å². The van der Waals surface area contributed by atoms with Crippen LogP contribution in [0, 0.1) is 0 Å². The maximum atomic E-state index is 12.1. The molecule has 2 aromatic rings. The first-order valence-corrected chi connectivity index (χ1v) is 12.3. The first-order valence-electron chi connectivity index (χ1n) is 12.3. The summed E-state index contributed by atoms with van der Waals surface area (Å²) in [6.07, 6.45) is -0.454. The first kappa shape index (κ1) is 28.0. The Labute approximate surface area is 212 Å². The van der Waals surface area contributed by atoms with Gasteiger partial charge in [0.1, 0.15) is 13.3 Å². The van der Waals surface area contributed by atoms with E-state index in [1.807, 2.05) is 24.3 Å². The number of hydrogen-bond acceptors (Lipinski definition) is 7. The second-order valence-corrected chi connectivity index (χ2v) is 8.00. The fourth-order valence-electron chi connectivity index (χ4n) is 3.91. The highest BCUT2D eigenvalue weighted by Gasteiger charge is 2.28. The van der Waals surface area contributed by atoms with E-state index in [2.05, 4.69) is 29.6 Å². The second kappa shape index (κ2) is 17.0. The van der Waals surface area contributed by atoms with Crippen molar-refractivity contribution in [2.75, 3.05) is 85.9 Å². The van der Waals surface area contributed by atoms with Crippen LogP contribution in [0.1, 0.15) is 17.0 Å². The van der Waals surface area contributed by atoms with E-state index in [4.69, 9.17) is 28.4 Å². The third-order valence-electron chi connectivity index (χ3n) is 5.57. The van der Waals surface area contributed by atoms with E-state index in [0.29, 0.717) is 66.0 Å². The molecule has 0 heterocycles. The Bertz CT molecular complexity index is 852. The molecule has 3 rings (SSSR count). The van der Waals surface area contributed by atoms with Crippen molar-refractivity contribution in [2.45, 2.75) is 5.92 Å². The SMILES string of the molecule is O=C(NCCOCCOCCOCCOCCOCCF)OCC1c2ccccc2-c2ccccc21. The lowest BCUT2D eigenvalue weighted by atomic mass is 9.98.